The van der Waals surface area contributed by atoms with Crippen molar-refractivity contribution in [2.24, 2.45) is 0 Å². The number of hydrogen-bond acceptors (Lipinski definition) is 4. The minimum Gasteiger partial charge on any atom is -0.457 e. The average molecular weight is 428 g/mol. The molecule has 0 unspecified atom stereocenters. The van der Waals surface area contributed by atoms with Crippen LogP contribution in [0.5, 0.6) is 11.5 Å². The Labute approximate surface area is 186 Å². The van der Waals surface area contributed by atoms with Gasteiger partial charge in [-0.3, -0.25) is 9.59 Å². The van der Waals surface area contributed by atoms with Gasteiger partial charge in [0.2, 0.25) is 5.91 Å². The molecule has 0 spiro atoms. The monoisotopic (exact) mass is 428 g/mol. The summed E-state index contributed by atoms with van der Waals surface area (Å²) in [5.41, 5.74) is 3.81. The SMILES string of the molecule is C=Cc1ccc2cc1/C(=C\C)C(=O)NCC(=O)NCc1cncn1Cc1cccc(c1)O2. The lowest BCUT2D eigenvalue weighted by Gasteiger charge is -2.14. The van der Waals surface area contributed by atoms with E-state index < -0.39 is 0 Å². The van der Waals surface area contributed by atoms with E-state index in [0.717, 1.165) is 16.8 Å². The zero-order chi connectivity index (χ0) is 22.5. The van der Waals surface area contributed by atoms with Gasteiger partial charge in [0.15, 0.2) is 0 Å². The van der Waals surface area contributed by atoms with E-state index in [1.165, 1.54) is 0 Å². The van der Waals surface area contributed by atoms with Crippen LogP contribution >= 0.6 is 0 Å². The molecule has 2 amide bonds. The standard InChI is InChI=1S/C25H24N4O3/c1-3-18-8-9-21-11-23(18)22(4-2)25(31)28-14-24(30)27-13-19-12-26-16-29(19)15-17-6-5-7-20(10-17)32-21/h3-12,16H,1,13-15H2,2H3,(H,27,30)(H,28,31)/b22-4+. The maximum Gasteiger partial charge on any atom is 0.252 e. The molecule has 7 heteroatoms. The highest BCUT2D eigenvalue weighted by atomic mass is 16.5. The fourth-order valence-electron chi connectivity index (χ4n) is 3.60. The number of benzene rings is 2. The number of imidazole rings is 1. The fraction of sp³-hybridized carbons (Fsp3) is 0.160. The molecule has 1 aliphatic rings. The molecular formula is C25H24N4O3. The summed E-state index contributed by atoms with van der Waals surface area (Å²) >= 11 is 0. The molecule has 0 atom stereocenters. The third-order valence-corrected chi connectivity index (χ3v) is 5.23. The smallest absolute Gasteiger partial charge is 0.252 e. The van der Waals surface area contributed by atoms with Gasteiger partial charge in [-0.1, -0.05) is 36.9 Å². The van der Waals surface area contributed by atoms with Gasteiger partial charge in [-0.25, -0.2) is 4.98 Å². The normalized spacial score (nSPS) is 15.7. The van der Waals surface area contributed by atoms with Crippen LogP contribution in [0.3, 0.4) is 0 Å². The van der Waals surface area contributed by atoms with E-state index in [2.05, 4.69) is 22.2 Å². The van der Waals surface area contributed by atoms with Gasteiger partial charge in [0.1, 0.15) is 11.5 Å². The Kier molecular flexibility index (Phi) is 6.17. The third kappa shape index (κ3) is 4.62. The van der Waals surface area contributed by atoms with Crippen molar-refractivity contribution in [1.29, 1.82) is 0 Å². The van der Waals surface area contributed by atoms with Gasteiger partial charge < -0.3 is 19.9 Å². The Hall–Kier alpha value is -4.13. The number of rotatable bonds is 1. The molecule has 2 heterocycles. The van der Waals surface area contributed by atoms with E-state index in [0.29, 0.717) is 35.7 Å². The average Bonchev–Trinajstić information content (AvgIpc) is 3.23. The largest absolute Gasteiger partial charge is 0.457 e. The minimum absolute atomic E-state index is 0.134. The van der Waals surface area contributed by atoms with E-state index in [1.54, 1.807) is 31.6 Å². The minimum atomic E-state index is -0.348. The van der Waals surface area contributed by atoms with E-state index in [9.17, 15) is 9.59 Å². The first-order valence-electron chi connectivity index (χ1n) is 10.3. The van der Waals surface area contributed by atoms with E-state index >= 15 is 0 Å². The first-order chi connectivity index (χ1) is 15.6. The number of nitrogens with one attached hydrogen (secondary N) is 2. The highest BCUT2D eigenvalue weighted by Gasteiger charge is 2.17. The Morgan fingerprint density at radius 2 is 1.94 bits per heavy atom. The van der Waals surface area contributed by atoms with Gasteiger partial charge in [-0.05, 0) is 47.9 Å². The highest BCUT2D eigenvalue weighted by molar-refractivity contribution is 6.20. The van der Waals surface area contributed by atoms with Crippen LogP contribution in [0.2, 0.25) is 0 Å². The number of amides is 2. The molecule has 0 saturated carbocycles. The molecule has 0 radical (unpaired) electrons. The van der Waals surface area contributed by atoms with Gasteiger partial charge in [0.25, 0.3) is 5.91 Å². The molecule has 162 valence electrons. The second-order valence-electron chi connectivity index (χ2n) is 7.38. The van der Waals surface area contributed by atoms with Crippen LogP contribution in [0.25, 0.3) is 11.6 Å². The van der Waals surface area contributed by atoms with Crippen molar-refractivity contribution in [1.82, 2.24) is 20.2 Å². The van der Waals surface area contributed by atoms with Crippen LogP contribution in [0.4, 0.5) is 0 Å². The molecule has 7 nitrogen and oxygen atoms in total. The Balaban J connectivity index is 1.75. The lowest BCUT2D eigenvalue weighted by Crippen LogP contribution is -2.37. The van der Waals surface area contributed by atoms with Crippen molar-refractivity contribution in [3.05, 3.63) is 90.0 Å². The van der Waals surface area contributed by atoms with Crippen LogP contribution in [0.15, 0.2) is 67.6 Å². The summed E-state index contributed by atoms with van der Waals surface area (Å²) < 4.78 is 8.08. The molecule has 3 aromatic rings. The number of hydrogen-bond donors (Lipinski definition) is 2. The van der Waals surface area contributed by atoms with Gasteiger partial charge >= 0.3 is 0 Å². The second-order valence-corrected chi connectivity index (χ2v) is 7.38. The molecular weight excluding hydrogens is 404 g/mol. The van der Waals surface area contributed by atoms with Crippen molar-refractivity contribution in [2.45, 2.75) is 20.0 Å². The maximum absolute atomic E-state index is 12.9. The molecule has 2 N–H and O–H groups in total. The van der Waals surface area contributed by atoms with Crippen LogP contribution in [0, 0.1) is 0 Å². The highest BCUT2D eigenvalue weighted by Crippen LogP contribution is 2.29. The first-order valence-corrected chi connectivity index (χ1v) is 10.3. The lowest BCUT2D eigenvalue weighted by atomic mass is 9.98. The zero-order valence-electron chi connectivity index (χ0n) is 17.8. The van der Waals surface area contributed by atoms with Crippen LogP contribution < -0.4 is 15.4 Å². The molecule has 0 aliphatic carbocycles. The van der Waals surface area contributed by atoms with Crippen molar-refractivity contribution in [2.75, 3.05) is 6.54 Å². The topological polar surface area (TPSA) is 85.3 Å². The summed E-state index contributed by atoms with van der Waals surface area (Å²) in [7, 11) is 0. The van der Waals surface area contributed by atoms with Gasteiger partial charge in [-0.15, -0.1) is 0 Å². The summed E-state index contributed by atoms with van der Waals surface area (Å²) in [6.07, 6.45) is 6.85. The molecule has 1 aromatic heterocycles. The lowest BCUT2D eigenvalue weighted by molar-refractivity contribution is -0.123. The van der Waals surface area contributed by atoms with E-state index in [-0.39, 0.29) is 18.4 Å². The molecule has 32 heavy (non-hydrogen) atoms. The predicted molar refractivity (Wildman–Crippen MR) is 123 cm³/mol. The number of allylic oxidation sites excluding steroid dienone is 1. The molecule has 0 fully saturated rings. The number of carbonyl (C=O) groups excluding carboxylic acids is 2. The van der Waals surface area contributed by atoms with E-state index in [4.69, 9.17) is 4.74 Å². The van der Waals surface area contributed by atoms with Crippen LogP contribution in [-0.4, -0.2) is 27.9 Å². The Morgan fingerprint density at radius 3 is 2.75 bits per heavy atom. The molecule has 4 rings (SSSR count). The van der Waals surface area contributed by atoms with Gasteiger partial charge in [0, 0.05) is 18.3 Å². The number of ether oxygens (including phenoxy) is 1. The number of fused-ring (bicyclic) bond motifs is 5. The van der Waals surface area contributed by atoms with Crippen LogP contribution in [0.1, 0.15) is 29.3 Å². The van der Waals surface area contributed by atoms with Crippen LogP contribution in [-0.2, 0) is 22.7 Å². The summed E-state index contributed by atoms with van der Waals surface area (Å²) in [5.74, 6) is 0.652. The third-order valence-electron chi connectivity index (χ3n) is 5.23. The number of aromatic nitrogens is 2. The quantitative estimate of drug-likeness (QED) is 0.581. The second kappa shape index (κ2) is 9.34. The zero-order valence-corrected chi connectivity index (χ0v) is 17.8. The van der Waals surface area contributed by atoms with E-state index in [1.807, 2.05) is 47.0 Å². The van der Waals surface area contributed by atoms with Gasteiger partial charge in [0.05, 0.1) is 25.1 Å². The van der Waals surface area contributed by atoms with Crippen molar-refractivity contribution < 1.29 is 14.3 Å². The number of nitrogens with zero attached hydrogens (tertiary/aromatic N) is 2. The molecule has 2 aromatic carbocycles. The summed E-state index contributed by atoms with van der Waals surface area (Å²) in [4.78, 5) is 29.4. The van der Waals surface area contributed by atoms with Gasteiger partial charge in [-0.2, -0.15) is 0 Å². The molecule has 1 aliphatic heterocycles. The predicted octanol–water partition coefficient (Wildman–Crippen LogP) is 3.52. The maximum atomic E-state index is 12.9. The first kappa shape index (κ1) is 21.1. The fourth-order valence-corrected chi connectivity index (χ4v) is 3.60. The summed E-state index contributed by atoms with van der Waals surface area (Å²) in [5, 5.41) is 5.53. The van der Waals surface area contributed by atoms with Crippen molar-refractivity contribution in [3.8, 4) is 11.5 Å². The number of carbonyl (C=O) groups is 2. The summed E-state index contributed by atoms with van der Waals surface area (Å²) in [6.45, 7) is 6.39. The van der Waals surface area contributed by atoms with Crippen molar-refractivity contribution in [3.63, 3.8) is 0 Å². The summed E-state index contributed by atoms with van der Waals surface area (Å²) in [6, 6.07) is 13.3. The van der Waals surface area contributed by atoms with Crippen molar-refractivity contribution >= 4 is 23.5 Å². The molecule has 0 saturated heterocycles. The molecule has 4 bridgehead atoms. The Morgan fingerprint density at radius 1 is 1.09 bits per heavy atom. The Bertz CT molecular complexity index is 1210.